The molecule has 2 rings (SSSR count). The van der Waals surface area contributed by atoms with Gasteiger partial charge >= 0.3 is 0 Å². The first-order chi connectivity index (χ1) is 9.02. The van der Waals surface area contributed by atoms with Crippen LogP contribution in [0.25, 0.3) is 10.8 Å². The standard InChI is InChI=1S/C14H18N2O2S/c1-3-16(4-2)19(17,18)14-12-8-6-5-7-11(12)9-10-13(14)15/h5-10H,3-4,15H2,1-2H3. The number of fused-ring (bicyclic) bond motifs is 1. The number of benzene rings is 2. The van der Waals surface area contributed by atoms with E-state index in [4.69, 9.17) is 5.73 Å². The second-order valence-electron chi connectivity index (χ2n) is 4.29. The van der Waals surface area contributed by atoms with Crippen LogP contribution in [0.5, 0.6) is 0 Å². The minimum atomic E-state index is -3.55. The van der Waals surface area contributed by atoms with Crippen molar-refractivity contribution < 1.29 is 8.42 Å². The second-order valence-corrected chi connectivity index (χ2v) is 6.17. The Morgan fingerprint density at radius 1 is 1.05 bits per heavy atom. The lowest BCUT2D eigenvalue weighted by Gasteiger charge is -2.20. The molecule has 0 aliphatic heterocycles. The van der Waals surface area contributed by atoms with Gasteiger partial charge < -0.3 is 5.73 Å². The number of sulfonamides is 1. The Kier molecular flexibility index (Phi) is 3.78. The molecule has 0 aromatic heterocycles. The molecule has 0 heterocycles. The average molecular weight is 278 g/mol. The van der Waals surface area contributed by atoms with Crippen molar-refractivity contribution in [3.05, 3.63) is 36.4 Å². The van der Waals surface area contributed by atoms with E-state index in [1.54, 1.807) is 12.1 Å². The molecule has 0 radical (unpaired) electrons. The Morgan fingerprint density at radius 2 is 1.68 bits per heavy atom. The van der Waals surface area contributed by atoms with Crippen LogP contribution in [-0.2, 0) is 10.0 Å². The van der Waals surface area contributed by atoms with Gasteiger partial charge in [0.2, 0.25) is 10.0 Å². The molecule has 0 spiro atoms. The first-order valence-corrected chi connectivity index (χ1v) is 7.73. The van der Waals surface area contributed by atoms with E-state index in [0.29, 0.717) is 24.2 Å². The van der Waals surface area contributed by atoms with Gasteiger partial charge in [0, 0.05) is 18.5 Å². The zero-order valence-corrected chi connectivity index (χ0v) is 11.9. The maximum Gasteiger partial charge on any atom is 0.245 e. The van der Waals surface area contributed by atoms with Crippen LogP contribution in [0.15, 0.2) is 41.3 Å². The smallest absolute Gasteiger partial charge is 0.245 e. The zero-order chi connectivity index (χ0) is 14.0. The summed E-state index contributed by atoms with van der Waals surface area (Å²) >= 11 is 0. The van der Waals surface area contributed by atoms with Crippen molar-refractivity contribution in [3.8, 4) is 0 Å². The number of nitrogens with zero attached hydrogens (tertiary/aromatic N) is 1. The Morgan fingerprint density at radius 3 is 2.32 bits per heavy atom. The summed E-state index contributed by atoms with van der Waals surface area (Å²) in [5.74, 6) is 0. The maximum atomic E-state index is 12.7. The van der Waals surface area contributed by atoms with Gasteiger partial charge in [-0.05, 0) is 11.5 Å². The van der Waals surface area contributed by atoms with E-state index >= 15 is 0 Å². The summed E-state index contributed by atoms with van der Waals surface area (Å²) in [6.45, 7) is 4.51. The molecule has 102 valence electrons. The van der Waals surface area contributed by atoms with E-state index in [1.807, 2.05) is 38.1 Å². The van der Waals surface area contributed by atoms with Crippen molar-refractivity contribution in [2.45, 2.75) is 18.7 Å². The molecule has 2 aromatic carbocycles. The van der Waals surface area contributed by atoms with E-state index in [2.05, 4.69) is 0 Å². The number of hydrogen-bond donors (Lipinski definition) is 1. The monoisotopic (exact) mass is 278 g/mol. The van der Waals surface area contributed by atoms with Crippen molar-refractivity contribution in [1.82, 2.24) is 4.31 Å². The van der Waals surface area contributed by atoms with Crippen molar-refractivity contribution in [2.24, 2.45) is 0 Å². The van der Waals surface area contributed by atoms with Gasteiger partial charge in [-0.3, -0.25) is 0 Å². The molecule has 19 heavy (non-hydrogen) atoms. The quantitative estimate of drug-likeness (QED) is 0.874. The molecule has 0 aliphatic rings. The van der Waals surface area contributed by atoms with Gasteiger partial charge in [-0.2, -0.15) is 4.31 Å². The summed E-state index contributed by atoms with van der Waals surface area (Å²) in [6.07, 6.45) is 0. The molecule has 0 saturated carbocycles. The van der Waals surface area contributed by atoms with E-state index in [9.17, 15) is 8.42 Å². The van der Waals surface area contributed by atoms with Crippen molar-refractivity contribution in [3.63, 3.8) is 0 Å². The Bertz CT molecular complexity index is 692. The second kappa shape index (κ2) is 5.19. The Hall–Kier alpha value is -1.59. The fourth-order valence-electron chi connectivity index (χ4n) is 2.24. The largest absolute Gasteiger partial charge is 0.398 e. The predicted octanol–water partition coefficient (Wildman–Crippen LogP) is 2.45. The fraction of sp³-hybridized carbons (Fsp3) is 0.286. The summed E-state index contributed by atoms with van der Waals surface area (Å²) in [5.41, 5.74) is 6.21. The highest BCUT2D eigenvalue weighted by Crippen LogP contribution is 2.30. The zero-order valence-electron chi connectivity index (χ0n) is 11.1. The summed E-state index contributed by atoms with van der Waals surface area (Å²) < 4.78 is 26.8. The lowest BCUT2D eigenvalue weighted by Crippen LogP contribution is -2.31. The Labute approximate surface area is 113 Å². The number of hydrogen-bond acceptors (Lipinski definition) is 3. The number of nitrogen functional groups attached to an aromatic ring is 1. The number of rotatable bonds is 4. The van der Waals surface area contributed by atoms with Crippen molar-refractivity contribution >= 4 is 26.5 Å². The van der Waals surface area contributed by atoms with Gasteiger partial charge in [0.1, 0.15) is 4.90 Å². The summed E-state index contributed by atoms with van der Waals surface area (Å²) in [4.78, 5) is 0.217. The molecular formula is C14H18N2O2S. The highest BCUT2D eigenvalue weighted by molar-refractivity contribution is 7.89. The topological polar surface area (TPSA) is 63.4 Å². The minimum Gasteiger partial charge on any atom is -0.398 e. The molecule has 2 N–H and O–H groups in total. The summed E-state index contributed by atoms with van der Waals surface area (Å²) in [6, 6.07) is 10.9. The SMILES string of the molecule is CCN(CC)S(=O)(=O)c1c(N)ccc2ccccc12. The molecule has 4 nitrogen and oxygen atoms in total. The fourth-order valence-corrected chi connectivity index (χ4v) is 4.01. The van der Waals surface area contributed by atoms with Gasteiger partial charge in [0.15, 0.2) is 0 Å². The third-order valence-electron chi connectivity index (χ3n) is 3.21. The molecule has 0 saturated heterocycles. The number of nitrogens with two attached hydrogens (primary N) is 1. The average Bonchev–Trinajstić information content (AvgIpc) is 2.39. The molecule has 0 fully saturated rings. The summed E-state index contributed by atoms with van der Waals surface area (Å²) in [7, 11) is -3.55. The van der Waals surface area contributed by atoms with Gasteiger partial charge in [-0.15, -0.1) is 0 Å². The van der Waals surface area contributed by atoms with Crippen LogP contribution in [0.3, 0.4) is 0 Å². The first-order valence-electron chi connectivity index (χ1n) is 6.29. The third-order valence-corrected chi connectivity index (χ3v) is 5.38. The normalized spacial score (nSPS) is 12.2. The van der Waals surface area contributed by atoms with Gasteiger partial charge in [-0.1, -0.05) is 44.2 Å². The summed E-state index contributed by atoms with van der Waals surface area (Å²) in [5, 5.41) is 1.55. The van der Waals surface area contributed by atoms with Crippen LogP contribution in [0.1, 0.15) is 13.8 Å². The van der Waals surface area contributed by atoms with E-state index in [-0.39, 0.29) is 4.90 Å². The van der Waals surface area contributed by atoms with Gasteiger partial charge in [-0.25, -0.2) is 8.42 Å². The maximum absolute atomic E-state index is 12.7. The van der Waals surface area contributed by atoms with Crippen LogP contribution in [-0.4, -0.2) is 25.8 Å². The lowest BCUT2D eigenvalue weighted by molar-refractivity contribution is 0.446. The Balaban J connectivity index is 2.78. The molecule has 0 bridgehead atoms. The van der Waals surface area contributed by atoms with E-state index < -0.39 is 10.0 Å². The molecule has 0 aliphatic carbocycles. The molecule has 0 atom stereocenters. The van der Waals surface area contributed by atoms with E-state index in [1.165, 1.54) is 4.31 Å². The van der Waals surface area contributed by atoms with Crippen LogP contribution in [0.4, 0.5) is 5.69 Å². The number of anilines is 1. The van der Waals surface area contributed by atoms with Crippen LogP contribution in [0.2, 0.25) is 0 Å². The lowest BCUT2D eigenvalue weighted by atomic mass is 10.1. The van der Waals surface area contributed by atoms with Gasteiger partial charge in [0.25, 0.3) is 0 Å². The first kappa shape index (κ1) is 13.8. The van der Waals surface area contributed by atoms with Crippen LogP contribution >= 0.6 is 0 Å². The van der Waals surface area contributed by atoms with Crippen molar-refractivity contribution in [1.29, 1.82) is 0 Å². The molecule has 5 heteroatoms. The predicted molar refractivity (Wildman–Crippen MR) is 78.5 cm³/mol. The minimum absolute atomic E-state index is 0.217. The van der Waals surface area contributed by atoms with E-state index in [0.717, 1.165) is 5.39 Å². The third kappa shape index (κ3) is 2.31. The molecule has 0 unspecified atom stereocenters. The van der Waals surface area contributed by atoms with Crippen LogP contribution < -0.4 is 5.73 Å². The molecular weight excluding hydrogens is 260 g/mol. The highest BCUT2D eigenvalue weighted by atomic mass is 32.2. The van der Waals surface area contributed by atoms with Gasteiger partial charge in [0.05, 0.1) is 5.69 Å². The molecule has 2 aromatic rings. The highest BCUT2D eigenvalue weighted by Gasteiger charge is 2.26. The van der Waals surface area contributed by atoms with Crippen molar-refractivity contribution in [2.75, 3.05) is 18.8 Å². The molecule has 0 amide bonds. The van der Waals surface area contributed by atoms with Crippen LogP contribution in [0, 0.1) is 0 Å².